The first-order valence-corrected chi connectivity index (χ1v) is 4.73. The molecule has 0 saturated carbocycles. The number of nitrogens with one attached hydrogen (secondary N) is 1. The van der Waals surface area contributed by atoms with Crippen LogP contribution in [0.5, 0.6) is 0 Å². The topological polar surface area (TPSA) is 67.8 Å². The van der Waals surface area contributed by atoms with Gasteiger partial charge < -0.3 is 0 Å². The van der Waals surface area contributed by atoms with E-state index in [9.17, 15) is 4.79 Å². The van der Waals surface area contributed by atoms with Crippen LogP contribution in [0.25, 0.3) is 0 Å². The van der Waals surface area contributed by atoms with E-state index in [-0.39, 0.29) is 5.91 Å². The van der Waals surface area contributed by atoms with Gasteiger partial charge in [-0.2, -0.15) is 0 Å². The Morgan fingerprint density at radius 3 is 3.09 bits per heavy atom. The molecule has 0 saturated heterocycles. The average molecular weight is 237 g/mol. The second kappa shape index (κ2) is 4.35. The van der Waals surface area contributed by atoms with E-state index in [0.717, 1.165) is 11.5 Å². The molecule has 0 aliphatic carbocycles. The van der Waals surface area contributed by atoms with Crippen molar-refractivity contribution < 1.29 is 4.79 Å². The van der Waals surface area contributed by atoms with Crippen LogP contribution >= 0.6 is 27.5 Å². The molecule has 1 amide bonds. The average Bonchev–Trinajstić information content (AvgIpc) is 2.40. The van der Waals surface area contributed by atoms with E-state index >= 15 is 0 Å². The number of amides is 1. The van der Waals surface area contributed by atoms with Crippen LogP contribution in [-0.2, 0) is 4.79 Å². The van der Waals surface area contributed by atoms with Crippen molar-refractivity contribution in [1.82, 2.24) is 14.8 Å². The Morgan fingerprint density at radius 2 is 2.55 bits per heavy atom. The van der Waals surface area contributed by atoms with Gasteiger partial charge in [-0.05, 0) is 5.21 Å². The summed E-state index contributed by atoms with van der Waals surface area (Å²) in [6.45, 7) is 0. The predicted molar refractivity (Wildman–Crippen MR) is 44.7 cm³/mol. The van der Waals surface area contributed by atoms with Crippen LogP contribution in [0.3, 0.4) is 0 Å². The molecule has 0 bridgehead atoms. The fraction of sp³-hybridized carbons (Fsp3) is 0.500. The van der Waals surface area contributed by atoms with E-state index < -0.39 is 0 Å². The molecule has 1 aromatic rings. The summed E-state index contributed by atoms with van der Waals surface area (Å²) in [4.78, 5) is 10.9. The van der Waals surface area contributed by atoms with Crippen molar-refractivity contribution in [3.8, 4) is 0 Å². The molecule has 1 N–H and O–H groups in total. The molecule has 0 spiro atoms. The number of carbonyl (C=O) groups excluding carboxylic acids is 1. The lowest BCUT2D eigenvalue weighted by atomic mass is 10.5. The van der Waals surface area contributed by atoms with Gasteiger partial charge in [-0.3, -0.25) is 10.1 Å². The lowest BCUT2D eigenvalue weighted by molar-refractivity contribution is -0.115. The number of rotatable bonds is 3. The zero-order chi connectivity index (χ0) is 8.10. The zero-order valence-electron chi connectivity index (χ0n) is 5.45. The summed E-state index contributed by atoms with van der Waals surface area (Å²) in [6.07, 6.45) is 0.430. The normalized spacial score (nSPS) is 9.55. The van der Waals surface area contributed by atoms with Gasteiger partial charge in [0.1, 0.15) is 0 Å². The third-order valence-electron chi connectivity index (χ3n) is 0.867. The van der Waals surface area contributed by atoms with Crippen LogP contribution in [0, 0.1) is 0 Å². The van der Waals surface area contributed by atoms with Crippen molar-refractivity contribution in [2.75, 3.05) is 10.6 Å². The van der Waals surface area contributed by atoms with Gasteiger partial charge in [-0.25, -0.2) is 0 Å². The fourth-order valence-corrected chi connectivity index (χ4v) is 1.19. The molecule has 1 aromatic heterocycles. The maximum absolute atomic E-state index is 10.9. The largest absolute Gasteiger partial charge is 0.299 e. The van der Waals surface area contributed by atoms with Gasteiger partial charge in [0.15, 0.2) is 0 Å². The molecule has 5 nitrogen and oxygen atoms in total. The minimum absolute atomic E-state index is 0.0829. The van der Waals surface area contributed by atoms with E-state index in [1.165, 1.54) is 0 Å². The molecular formula is C4H5BrN4OS. The number of alkyl halides is 1. The van der Waals surface area contributed by atoms with Gasteiger partial charge in [-0.1, -0.05) is 25.5 Å². The molecule has 0 aromatic carbocycles. The number of halogens is 1. The lowest BCUT2D eigenvalue weighted by Crippen LogP contribution is -2.11. The maximum atomic E-state index is 10.9. The van der Waals surface area contributed by atoms with Crippen LogP contribution in [0.1, 0.15) is 6.42 Å². The fourth-order valence-electron chi connectivity index (χ4n) is 0.449. The predicted octanol–water partition coefficient (Wildman–Crippen LogP) is 0.657. The van der Waals surface area contributed by atoms with E-state index in [0.29, 0.717) is 16.9 Å². The molecule has 11 heavy (non-hydrogen) atoms. The van der Waals surface area contributed by atoms with Gasteiger partial charge >= 0.3 is 0 Å². The highest BCUT2D eigenvalue weighted by atomic mass is 79.9. The van der Waals surface area contributed by atoms with Crippen molar-refractivity contribution in [3.63, 3.8) is 0 Å². The second-order valence-electron chi connectivity index (χ2n) is 1.65. The minimum Gasteiger partial charge on any atom is -0.299 e. The van der Waals surface area contributed by atoms with E-state index in [4.69, 9.17) is 0 Å². The molecule has 0 aliphatic rings. The highest BCUT2D eigenvalue weighted by Crippen LogP contribution is 2.04. The number of anilines is 1. The summed E-state index contributed by atoms with van der Waals surface area (Å²) in [6, 6.07) is 0. The Bertz CT molecular complexity index is 226. The van der Waals surface area contributed by atoms with E-state index in [1.54, 1.807) is 0 Å². The van der Waals surface area contributed by atoms with Gasteiger partial charge in [-0.15, -0.1) is 0 Å². The van der Waals surface area contributed by atoms with Crippen LogP contribution < -0.4 is 5.32 Å². The van der Waals surface area contributed by atoms with Crippen molar-refractivity contribution in [2.45, 2.75) is 6.42 Å². The molecule has 0 atom stereocenters. The van der Waals surface area contributed by atoms with Crippen molar-refractivity contribution in [2.24, 2.45) is 0 Å². The standard InChI is InChI=1S/C4H5BrN4OS/c5-2-1-3(10)6-4-7-8-9-11-4/h1-2H2,(H,6,7,9,10). The molecule has 0 unspecified atom stereocenters. The van der Waals surface area contributed by atoms with E-state index in [1.807, 2.05) is 0 Å². The number of hydrogen-bond acceptors (Lipinski definition) is 5. The van der Waals surface area contributed by atoms with Crippen LogP contribution in [0.4, 0.5) is 5.13 Å². The first-order chi connectivity index (χ1) is 5.33. The molecule has 0 radical (unpaired) electrons. The summed E-state index contributed by atoms with van der Waals surface area (Å²) in [5, 5.41) is 10.5. The second-order valence-corrected chi connectivity index (χ2v) is 3.18. The minimum atomic E-state index is -0.0829. The summed E-state index contributed by atoms with van der Waals surface area (Å²) in [7, 11) is 0. The highest BCUT2D eigenvalue weighted by molar-refractivity contribution is 9.09. The Morgan fingerprint density at radius 1 is 1.73 bits per heavy atom. The number of aromatic nitrogens is 3. The Kier molecular flexibility index (Phi) is 3.37. The number of nitrogens with zero attached hydrogens (tertiary/aromatic N) is 3. The summed E-state index contributed by atoms with van der Waals surface area (Å²) in [5.74, 6) is -0.0829. The molecule has 0 fully saturated rings. The zero-order valence-corrected chi connectivity index (χ0v) is 7.85. The van der Waals surface area contributed by atoms with Gasteiger partial charge in [0.05, 0.1) is 0 Å². The monoisotopic (exact) mass is 236 g/mol. The summed E-state index contributed by atoms with van der Waals surface area (Å²) in [5.41, 5.74) is 0. The van der Waals surface area contributed by atoms with Crippen molar-refractivity contribution >= 4 is 38.5 Å². The number of carbonyl (C=O) groups is 1. The Balaban J connectivity index is 2.37. The summed E-state index contributed by atoms with van der Waals surface area (Å²) < 4.78 is 3.49. The quantitative estimate of drug-likeness (QED) is 0.784. The molecule has 1 rings (SSSR count). The van der Waals surface area contributed by atoms with E-state index in [2.05, 4.69) is 36.0 Å². The highest BCUT2D eigenvalue weighted by Gasteiger charge is 2.02. The van der Waals surface area contributed by atoms with Crippen LogP contribution in [0.15, 0.2) is 0 Å². The van der Waals surface area contributed by atoms with Crippen LogP contribution in [-0.4, -0.2) is 26.0 Å². The van der Waals surface area contributed by atoms with Gasteiger partial charge in [0.2, 0.25) is 11.0 Å². The number of hydrogen-bond donors (Lipinski definition) is 1. The third-order valence-corrected chi connectivity index (χ3v) is 1.78. The summed E-state index contributed by atoms with van der Waals surface area (Å²) >= 11 is 4.20. The Labute approximate surface area is 75.5 Å². The van der Waals surface area contributed by atoms with Crippen LogP contribution in [0.2, 0.25) is 0 Å². The Hall–Kier alpha value is -0.560. The van der Waals surface area contributed by atoms with Crippen molar-refractivity contribution in [1.29, 1.82) is 0 Å². The third kappa shape index (κ3) is 2.89. The lowest BCUT2D eigenvalue weighted by Gasteiger charge is -1.94. The molecule has 7 heteroatoms. The van der Waals surface area contributed by atoms with Gasteiger partial charge in [0.25, 0.3) is 0 Å². The first-order valence-electron chi connectivity index (χ1n) is 2.84. The van der Waals surface area contributed by atoms with Gasteiger partial charge in [0, 0.05) is 23.3 Å². The van der Waals surface area contributed by atoms with Crippen molar-refractivity contribution in [3.05, 3.63) is 0 Å². The molecule has 60 valence electrons. The first kappa shape index (κ1) is 8.54. The molecule has 1 heterocycles. The maximum Gasteiger partial charge on any atom is 0.231 e. The molecule has 0 aliphatic heterocycles. The molecular weight excluding hydrogens is 232 g/mol. The smallest absolute Gasteiger partial charge is 0.231 e. The SMILES string of the molecule is O=C(CCBr)Nc1nnns1.